The number of aromatic nitrogens is 3. The SMILES string of the molecule is Cc1ccc2c(c1)C([C@H](NC(=O)OC(C)C)c1cncn1C)=Cc1cccnc1C2N1CCN(C(=O)OC(C)C)CC1. The first-order chi connectivity index (χ1) is 20.1. The van der Waals surface area contributed by atoms with E-state index in [9.17, 15) is 9.59 Å². The molecule has 0 spiro atoms. The van der Waals surface area contributed by atoms with E-state index >= 15 is 0 Å². The van der Waals surface area contributed by atoms with Gasteiger partial charge in [-0.25, -0.2) is 14.6 Å². The summed E-state index contributed by atoms with van der Waals surface area (Å²) < 4.78 is 12.9. The molecule has 2 aliphatic rings. The molecular weight excluding hydrogens is 532 g/mol. The predicted molar refractivity (Wildman–Crippen MR) is 161 cm³/mol. The molecule has 42 heavy (non-hydrogen) atoms. The lowest BCUT2D eigenvalue weighted by Gasteiger charge is -2.39. The third-order valence-corrected chi connectivity index (χ3v) is 7.60. The summed E-state index contributed by atoms with van der Waals surface area (Å²) in [5.41, 5.74) is 6.88. The molecule has 1 N–H and O–H groups in total. The van der Waals surface area contributed by atoms with Gasteiger partial charge in [0.25, 0.3) is 0 Å². The lowest BCUT2D eigenvalue weighted by Crippen LogP contribution is -2.50. The highest BCUT2D eigenvalue weighted by Crippen LogP contribution is 2.43. The number of ether oxygens (including phenoxy) is 2. The quantitative estimate of drug-likeness (QED) is 0.438. The van der Waals surface area contributed by atoms with Crippen LogP contribution in [-0.2, 0) is 16.5 Å². The van der Waals surface area contributed by atoms with E-state index in [0.717, 1.165) is 39.2 Å². The zero-order valence-electron chi connectivity index (χ0n) is 25.2. The van der Waals surface area contributed by atoms with E-state index in [1.165, 1.54) is 0 Å². The number of pyridine rings is 1. The average Bonchev–Trinajstić information content (AvgIpc) is 3.31. The van der Waals surface area contributed by atoms with Crippen LogP contribution in [0.1, 0.15) is 73.4 Å². The first-order valence-electron chi connectivity index (χ1n) is 14.5. The van der Waals surface area contributed by atoms with Crippen molar-refractivity contribution in [2.45, 2.75) is 58.9 Å². The molecule has 3 aromatic rings. The van der Waals surface area contributed by atoms with Crippen molar-refractivity contribution in [1.82, 2.24) is 29.7 Å². The Kier molecular flexibility index (Phi) is 8.63. The highest BCUT2D eigenvalue weighted by molar-refractivity contribution is 5.90. The van der Waals surface area contributed by atoms with Crippen LogP contribution in [0.3, 0.4) is 0 Å². The van der Waals surface area contributed by atoms with Gasteiger partial charge >= 0.3 is 12.2 Å². The second kappa shape index (κ2) is 12.4. The molecule has 10 heteroatoms. The van der Waals surface area contributed by atoms with Gasteiger partial charge in [0.2, 0.25) is 0 Å². The summed E-state index contributed by atoms with van der Waals surface area (Å²) in [4.78, 5) is 39.1. The Morgan fingerprint density at radius 2 is 1.76 bits per heavy atom. The van der Waals surface area contributed by atoms with E-state index in [2.05, 4.69) is 52.5 Å². The van der Waals surface area contributed by atoms with Gasteiger partial charge in [-0.15, -0.1) is 0 Å². The Labute approximate surface area is 247 Å². The summed E-state index contributed by atoms with van der Waals surface area (Å²) >= 11 is 0. The number of carbonyl (C=O) groups excluding carboxylic acids is 2. The Bertz CT molecular complexity index is 1470. The van der Waals surface area contributed by atoms with Gasteiger partial charge in [0.05, 0.1) is 48.2 Å². The van der Waals surface area contributed by atoms with E-state index in [1.54, 1.807) is 17.4 Å². The van der Waals surface area contributed by atoms with Crippen LogP contribution < -0.4 is 5.32 Å². The maximum atomic E-state index is 13.0. The second-order valence-corrected chi connectivity index (χ2v) is 11.5. The number of nitrogens with one attached hydrogen (secondary N) is 1. The highest BCUT2D eigenvalue weighted by Gasteiger charge is 2.36. The summed E-state index contributed by atoms with van der Waals surface area (Å²) in [6, 6.07) is 9.78. The number of hydrogen-bond acceptors (Lipinski definition) is 7. The van der Waals surface area contributed by atoms with E-state index in [0.29, 0.717) is 26.2 Å². The van der Waals surface area contributed by atoms with Crippen molar-refractivity contribution in [3.05, 3.63) is 82.7 Å². The number of amides is 2. The van der Waals surface area contributed by atoms with Crippen molar-refractivity contribution in [2.75, 3.05) is 26.2 Å². The molecule has 1 fully saturated rings. The van der Waals surface area contributed by atoms with Crippen LogP contribution >= 0.6 is 0 Å². The molecule has 0 saturated carbocycles. The normalized spacial score (nSPS) is 17.7. The number of fused-ring (bicyclic) bond motifs is 2. The summed E-state index contributed by atoms with van der Waals surface area (Å²) in [5.74, 6) is 0. The molecule has 0 bridgehead atoms. The molecule has 2 amide bonds. The first-order valence-corrected chi connectivity index (χ1v) is 14.5. The van der Waals surface area contributed by atoms with Crippen molar-refractivity contribution in [2.24, 2.45) is 7.05 Å². The van der Waals surface area contributed by atoms with Gasteiger partial charge in [-0.3, -0.25) is 9.88 Å². The molecule has 1 aliphatic heterocycles. The van der Waals surface area contributed by atoms with Crippen LogP contribution in [0.5, 0.6) is 0 Å². The monoisotopic (exact) mass is 572 g/mol. The molecule has 1 unspecified atom stereocenters. The van der Waals surface area contributed by atoms with Crippen LogP contribution in [0.25, 0.3) is 11.6 Å². The van der Waals surface area contributed by atoms with E-state index < -0.39 is 12.1 Å². The number of piperazine rings is 1. The predicted octanol–water partition coefficient (Wildman–Crippen LogP) is 5.11. The number of carbonyl (C=O) groups is 2. The largest absolute Gasteiger partial charge is 0.447 e. The van der Waals surface area contributed by atoms with E-state index in [-0.39, 0.29) is 24.3 Å². The molecule has 2 atom stereocenters. The standard InChI is InChI=1S/C32H40N6O4/c1-20(2)41-31(39)35-29(27-18-33-19-36(27)6)26-17-23-8-7-11-34-28(23)30(24-10-9-22(5)16-25(24)26)37-12-14-38(15-13-37)32(40)42-21(3)4/h7-11,16-21,29-30H,12-15H2,1-6H3,(H,35,39)/t29-,30?/m0/s1. The number of imidazole rings is 1. The Hall–Kier alpha value is -4.18. The first kappa shape index (κ1) is 29.3. The minimum atomic E-state index is -0.529. The zero-order valence-corrected chi connectivity index (χ0v) is 25.2. The van der Waals surface area contributed by atoms with Crippen LogP contribution in [0.15, 0.2) is 49.1 Å². The summed E-state index contributed by atoms with van der Waals surface area (Å²) in [7, 11) is 1.92. The average molecular weight is 573 g/mol. The molecule has 2 aromatic heterocycles. The molecule has 1 saturated heterocycles. The van der Waals surface area contributed by atoms with Crippen molar-refractivity contribution in [1.29, 1.82) is 0 Å². The third kappa shape index (κ3) is 6.18. The summed E-state index contributed by atoms with van der Waals surface area (Å²) in [6.45, 7) is 11.9. The fourth-order valence-corrected chi connectivity index (χ4v) is 5.70. The van der Waals surface area contributed by atoms with E-state index in [4.69, 9.17) is 14.5 Å². The molecule has 10 nitrogen and oxygen atoms in total. The van der Waals surface area contributed by atoms with E-state index in [1.807, 2.05) is 51.6 Å². The lowest BCUT2D eigenvalue weighted by atomic mass is 9.88. The summed E-state index contributed by atoms with van der Waals surface area (Å²) in [6.07, 6.45) is 6.26. The van der Waals surface area contributed by atoms with Crippen LogP contribution in [0.4, 0.5) is 9.59 Å². The number of rotatable bonds is 6. The maximum absolute atomic E-state index is 13.0. The van der Waals surface area contributed by atoms with Gasteiger partial charge < -0.3 is 24.3 Å². The molecule has 0 radical (unpaired) electrons. The number of alkyl carbamates (subject to hydrolysis) is 1. The Morgan fingerprint density at radius 3 is 2.43 bits per heavy atom. The Morgan fingerprint density at radius 1 is 1.02 bits per heavy atom. The third-order valence-electron chi connectivity index (χ3n) is 7.60. The van der Waals surface area contributed by atoms with Gasteiger partial charge in [-0.05, 0) is 69.0 Å². The zero-order chi connectivity index (χ0) is 30.0. The molecule has 222 valence electrons. The number of nitrogens with zero attached hydrogens (tertiary/aromatic N) is 5. The fourth-order valence-electron chi connectivity index (χ4n) is 5.70. The minimum Gasteiger partial charge on any atom is -0.447 e. The number of aryl methyl sites for hydroxylation is 2. The second-order valence-electron chi connectivity index (χ2n) is 11.5. The van der Waals surface area contributed by atoms with Crippen LogP contribution in [-0.4, -0.2) is 74.9 Å². The van der Waals surface area contributed by atoms with Crippen LogP contribution in [0.2, 0.25) is 0 Å². The molecule has 5 rings (SSSR count). The molecular formula is C32H40N6O4. The van der Waals surface area contributed by atoms with Gasteiger partial charge in [0.15, 0.2) is 0 Å². The van der Waals surface area contributed by atoms with Crippen LogP contribution in [0, 0.1) is 6.92 Å². The van der Waals surface area contributed by atoms with Gasteiger partial charge in [-0.1, -0.05) is 29.8 Å². The van der Waals surface area contributed by atoms with Crippen molar-refractivity contribution in [3.8, 4) is 0 Å². The fraction of sp³-hybridized carbons (Fsp3) is 0.438. The molecule has 1 aliphatic carbocycles. The highest BCUT2D eigenvalue weighted by atomic mass is 16.6. The topological polar surface area (TPSA) is 102 Å². The lowest BCUT2D eigenvalue weighted by molar-refractivity contribution is 0.0513. The maximum Gasteiger partial charge on any atom is 0.410 e. The molecule has 1 aromatic carbocycles. The van der Waals surface area contributed by atoms with Gasteiger partial charge in [0.1, 0.15) is 0 Å². The number of benzene rings is 1. The summed E-state index contributed by atoms with van der Waals surface area (Å²) in [5, 5.41) is 3.13. The van der Waals surface area contributed by atoms with Crippen molar-refractivity contribution in [3.63, 3.8) is 0 Å². The molecule has 3 heterocycles. The minimum absolute atomic E-state index is 0.149. The number of hydrogen-bond donors (Lipinski definition) is 1. The Balaban J connectivity index is 1.59. The van der Waals surface area contributed by atoms with Gasteiger partial charge in [-0.2, -0.15) is 0 Å². The smallest absolute Gasteiger partial charge is 0.410 e. The van der Waals surface area contributed by atoms with Crippen molar-refractivity contribution < 1.29 is 19.1 Å². The van der Waals surface area contributed by atoms with Crippen molar-refractivity contribution >= 4 is 23.8 Å². The van der Waals surface area contributed by atoms with Gasteiger partial charge in [0, 0.05) is 39.4 Å².